The Bertz CT molecular complexity index is 1500. The fourth-order valence-corrected chi connectivity index (χ4v) is 4.76. The summed E-state index contributed by atoms with van der Waals surface area (Å²) in [7, 11) is 0. The summed E-state index contributed by atoms with van der Waals surface area (Å²) in [6.45, 7) is 3.86. The van der Waals surface area contributed by atoms with Gasteiger partial charge in [-0.2, -0.15) is 0 Å². The van der Waals surface area contributed by atoms with Crippen LogP contribution in [0.2, 0.25) is 0 Å². The molecule has 2 aromatic carbocycles. The molecule has 0 radical (unpaired) electrons. The summed E-state index contributed by atoms with van der Waals surface area (Å²) in [6, 6.07) is 16.6. The molecule has 0 atom stereocenters. The largest absolute Gasteiger partial charge is 0.508 e. The lowest BCUT2D eigenvalue weighted by Crippen LogP contribution is -2.02. The lowest BCUT2D eigenvalue weighted by atomic mass is 10.1. The summed E-state index contributed by atoms with van der Waals surface area (Å²) in [5.41, 5.74) is 3.31. The number of para-hydroxylation sites is 1. The number of rotatable bonds is 6. The lowest BCUT2D eigenvalue weighted by Gasteiger charge is -2.11. The van der Waals surface area contributed by atoms with E-state index in [1.807, 2.05) is 60.9 Å². The first kappa shape index (κ1) is 21.1. The second kappa shape index (κ2) is 8.63. The molecular weight excluding hydrogens is 438 g/mol. The Labute approximate surface area is 193 Å². The fraction of sp³-hybridized carbons (Fsp3) is 0.160. The summed E-state index contributed by atoms with van der Waals surface area (Å²) >= 11 is 1.48. The average molecular weight is 460 g/mol. The topological polar surface area (TPSA) is 94.3 Å². The quantitative estimate of drug-likeness (QED) is 0.265. The number of hydrogen-bond acceptors (Lipinski definition) is 7. The number of thioether (sulfide) groups is 1. The van der Waals surface area contributed by atoms with Gasteiger partial charge in [0.25, 0.3) is 0 Å². The Morgan fingerprint density at radius 3 is 2.61 bits per heavy atom. The molecule has 3 aromatic heterocycles. The zero-order chi connectivity index (χ0) is 22.9. The average Bonchev–Trinajstić information content (AvgIpc) is 3.43. The molecule has 8 heteroatoms. The van der Waals surface area contributed by atoms with Crippen molar-refractivity contribution >= 4 is 22.7 Å². The second-order valence-corrected chi connectivity index (χ2v) is 8.52. The molecule has 7 nitrogen and oxygen atoms in total. The van der Waals surface area contributed by atoms with Crippen molar-refractivity contribution in [3.8, 4) is 22.8 Å². The number of hydrogen-bond donors (Lipinski definition) is 1. The molecule has 166 valence electrons. The SMILES string of the molecule is CCc1cc2c(CSc3nnc(-c4ccoc4C)n3-c3ccccc3)cc(=O)oc2cc1O. The van der Waals surface area contributed by atoms with E-state index in [-0.39, 0.29) is 5.75 Å². The van der Waals surface area contributed by atoms with Crippen LogP contribution in [0.5, 0.6) is 5.75 Å². The van der Waals surface area contributed by atoms with Crippen LogP contribution in [-0.2, 0) is 12.2 Å². The molecule has 0 fully saturated rings. The van der Waals surface area contributed by atoms with Crippen molar-refractivity contribution in [3.63, 3.8) is 0 Å². The Morgan fingerprint density at radius 2 is 1.88 bits per heavy atom. The first-order chi connectivity index (χ1) is 16.0. The van der Waals surface area contributed by atoms with E-state index in [9.17, 15) is 9.90 Å². The van der Waals surface area contributed by atoms with E-state index in [1.54, 1.807) is 6.26 Å². The van der Waals surface area contributed by atoms with Crippen LogP contribution in [0.3, 0.4) is 0 Å². The molecule has 3 heterocycles. The number of phenols is 1. The Kier molecular flexibility index (Phi) is 5.51. The first-order valence-electron chi connectivity index (χ1n) is 10.5. The minimum absolute atomic E-state index is 0.127. The summed E-state index contributed by atoms with van der Waals surface area (Å²) < 4.78 is 12.8. The molecular formula is C25H21N3O4S. The molecule has 0 bridgehead atoms. The molecule has 5 aromatic rings. The van der Waals surface area contributed by atoms with Crippen LogP contribution in [0.15, 0.2) is 79.6 Å². The van der Waals surface area contributed by atoms with Gasteiger partial charge in [0.2, 0.25) is 0 Å². The highest BCUT2D eigenvalue weighted by atomic mass is 32.2. The minimum atomic E-state index is -0.457. The number of fused-ring (bicyclic) bond motifs is 1. The van der Waals surface area contributed by atoms with Crippen LogP contribution < -0.4 is 5.63 Å². The van der Waals surface area contributed by atoms with Crippen molar-refractivity contribution in [2.24, 2.45) is 0 Å². The highest BCUT2D eigenvalue weighted by molar-refractivity contribution is 7.98. The number of furan rings is 1. The van der Waals surface area contributed by atoms with E-state index >= 15 is 0 Å². The minimum Gasteiger partial charge on any atom is -0.508 e. The van der Waals surface area contributed by atoms with Crippen LogP contribution in [0.1, 0.15) is 23.8 Å². The summed E-state index contributed by atoms with van der Waals surface area (Å²) in [5.74, 6) is 2.05. The maximum absolute atomic E-state index is 12.2. The zero-order valence-corrected chi connectivity index (χ0v) is 18.9. The third kappa shape index (κ3) is 3.93. The summed E-state index contributed by atoms with van der Waals surface area (Å²) in [5, 5.41) is 20.6. The van der Waals surface area contributed by atoms with Crippen molar-refractivity contribution in [1.82, 2.24) is 14.8 Å². The summed E-state index contributed by atoms with van der Waals surface area (Å²) in [6.07, 6.45) is 2.31. The van der Waals surface area contributed by atoms with Gasteiger partial charge in [-0.05, 0) is 48.7 Å². The number of benzene rings is 2. The van der Waals surface area contributed by atoms with E-state index < -0.39 is 5.63 Å². The van der Waals surface area contributed by atoms with Gasteiger partial charge in [-0.3, -0.25) is 4.57 Å². The van der Waals surface area contributed by atoms with E-state index in [4.69, 9.17) is 8.83 Å². The van der Waals surface area contributed by atoms with Crippen LogP contribution in [0.4, 0.5) is 0 Å². The van der Waals surface area contributed by atoms with Gasteiger partial charge >= 0.3 is 5.63 Å². The Hall–Kier alpha value is -3.78. The fourth-order valence-electron chi connectivity index (χ4n) is 3.82. The van der Waals surface area contributed by atoms with Crippen LogP contribution in [-0.4, -0.2) is 19.9 Å². The smallest absolute Gasteiger partial charge is 0.336 e. The normalized spacial score (nSPS) is 11.3. The van der Waals surface area contributed by atoms with Crippen molar-refractivity contribution in [2.75, 3.05) is 0 Å². The molecule has 0 amide bonds. The van der Waals surface area contributed by atoms with Gasteiger partial charge in [0.15, 0.2) is 11.0 Å². The molecule has 0 saturated carbocycles. The maximum Gasteiger partial charge on any atom is 0.336 e. The second-order valence-electron chi connectivity index (χ2n) is 7.58. The van der Waals surface area contributed by atoms with Gasteiger partial charge in [-0.25, -0.2) is 4.79 Å². The number of aromatic hydroxyl groups is 1. The van der Waals surface area contributed by atoms with Crippen LogP contribution >= 0.6 is 11.8 Å². The molecule has 0 aliphatic rings. The highest BCUT2D eigenvalue weighted by Gasteiger charge is 2.19. The number of aromatic nitrogens is 3. The number of nitrogens with zero attached hydrogens (tertiary/aromatic N) is 3. The highest BCUT2D eigenvalue weighted by Crippen LogP contribution is 2.33. The molecule has 5 rings (SSSR count). The Balaban J connectivity index is 1.57. The van der Waals surface area contributed by atoms with Crippen molar-refractivity contribution in [3.05, 3.63) is 88.2 Å². The van der Waals surface area contributed by atoms with Gasteiger partial charge in [0.1, 0.15) is 17.1 Å². The molecule has 0 aliphatic carbocycles. The van der Waals surface area contributed by atoms with Gasteiger partial charge in [-0.15, -0.1) is 10.2 Å². The van der Waals surface area contributed by atoms with E-state index in [1.165, 1.54) is 23.9 Å². The number of phenolic OH excluding ortho intramolecular Hbond substituents is 1. The third-order valence-electron chi connectivity index (χ3n) is 5.51. The van der Waals surface area contributed by atoms with Gasteiger partial charge in [0.05, 0.1) is 11.8 Å². The Morgan fingerprint density at radius 1 is 1.06 bits per heavy atom. The molecule has 33 heavy (non-hydrogen) atoms. The molecule has 0 aliphatic heterocycles. The van der Waals surface area contributed by atoms with E-state index in [0.29, 0.717) is 28.7 Å². The predicted molar refractivity (Wildman–Crippen MR) is 127 cm³/mol. The van der Waals surface area contributed by atoms with Crippen molar-refractivity contribution in [1.29, 1.82) is 0 Å². The number of aryl methyl sites for hydroxylation is 2. The van der Waals surface area contributed by atoms with E-state index in [0.717, 1.165) is 33.5 Å². The van der Waals surface area contributed by atoms with Gasteiger partial charge in [0, 0.05) is 29.0 Å². The van der Waals surface area contributed by atoms with Crippen molar-refractivity contribution < 1.29 is 13.9 Å². The van der Waals surface area contributed by atoms with Crippen LogP contribution in [0, 0.1) is 6.92 Å². The standard InChI is InChI=1S/C25H21N3O4S/c1-3-16-11-20-17(12-23(30)32-22(20)13-21(16)29)14-33-25-27-26-24(19-9-10-31-15(19)2)28(25)18-7-5-4-6-8-18/h4-13,29H,3,14H2,1-2H3. The molecule has 1 N–H and O–H groups in total. The zero-order valence-electron chi connectivity index (χ0n) is 18.1. The van der Waals surface area contributed by atoms with Gasteiger partial charge in [-0.1, -0.05) is 36.9 Å². The van der Waals surface area contributed by atoms with E-state index in [2.05, 4.69) is 10.2 Å². The monoisotopic (exact) mass is 459 g/mol. The van der Waals surface area contributed by atoms with Gasteiger partial charge < -0.3 is 13.9 Å². The molecule has 0 spiro atoms. The predicted octanol–water partition coefficient (Wildman–Crippen LogP) is 5.50. The molecule has 0 saturated heterocycles. The summed E-state index contributed by atoms with van der Waals surface area (Å²) in [4.78, 5) is 12.2. The molecule has 0 unspecified atom stereocenters. The maximum atomic E-state index is 12.2. The van der Waals surface area contributed by atoms with Crippen molar-refractivity contribution in [2.45, 2.75) is 31.2 Å². The first-order valence-corrected chi connectivity index (χ1v) is 11.5. The lowest BCUT2D eigenvalue weighted by molar-refractivity contribution is 0.466. The van der Waals surface area contributed by atoms with Crippen LogP contribution in [0.25, 0.3) is 28.0 Å². The third-order valence-corrected chi connectivity index (χ3v) is 6.49.